The molecule has 0 saturated heterocycles. The average Bonchev–Trinajstić information content (AvgIpc) is 3.30. The molecule has 0 fully saturated rings. The molecule has 11 heteroatoms. The van der Waals surface area contributed by atoms with Crippen LogP contribution in [0.2, 0.25) is 0 Å². The average molecular weight is 563 g/mol. The van der Waals surface area contributed by atoms with Gasteiger partial charge < -0.3 is 10.4 Å². The van der Waals surface area contributed by atoms with E-state index in [9.17, 15) is 31.5 Å². The molecule has 2 N–H and O–H groups in total. The van der Waals surface area contributed by atoms with Crippen LogP contribution in [0.1, 0.15) is 34.5 Å². The number of carbonyl (C=O) groups is 1. The van der Waals surface area contributed by atoms with Crippen LogP contribution in [0, 0.1) is 0 Å². The highest BCUT2D eigenvalue weighted by atomic mass is 32.2. The molecule has 4 aromatic rings. The Morgan fingerprint density at radius 3 is 2.32 bits per heavy atom. The van der Waals surface area contributed by atoms with E-state index in [-0.39, 0.29) is 10.6 Å². The second-order valence-electron chi connectivity index (χ2n) is 8.68. The number of aromatic nitrogens is 1. The number of aliphatic hydroxyl groups is 1. The molecule has 4 rings (SSSR count). The SMILES string of the molecule is CCS(=O)(=O)c1ccc(C(CO)C(=O)Nc2ccc3nc(CCc4ccc(C(F)(F)F)cc4)sc3c2)cc1. The number of hydrogen-bond donors (Lipinski definition) is 2. The van der Waals surface area contributed by atoms with Crippen LogP contribution in [-0.2, 0) is 33.6 Å². The zero-order chi connectivity index (χ0) is 27.5. The summed E-state index contributed by atoms with van der Waals surface area (Å²) in [5.41, 5.74) is 1.84. The summed E-state index contributed by atoms with van der Waals surface area (Å²) in [6, 6.07) is 16.2. The minimum atomic E-state index is -4.36. The smallest absolute Gasteiger partial charge is 0.395 e. The number of fused-ring (bicyclic) bond motifs is 1. The Balaban J connectivity index is 1.42. The molecular weight excluding hydrogens is 537 g/mol. The summed E-state index contributed by atoms with van der Waals surface area (Å²) in [4.78, 5) is 17.6. The second-order valence-corrected chi connectivity index (χ2v) is 12.1. The molecule has 0 radical (unpaired) electrons. The first-order chi connectivity index (χ1) is 18.0. The summed E-state index contributed by atoms with van der Waals surface area (Å²) in [5.74, 6) is -1.36. The number of carbonyl (C=O) groups excluding carboxylic acids is 1. The van der Waals surface area contributed by atoms with Gasteiger partial charge >= 0.3 is 6.18 Å². The lowest BCUT2D eigenvalue weighted by molar-refractivity contribution is -0.137. The number of thiazole rings is 1. The molecule has 1 amide bonds. The Hall–Kier alpha value is -3.28. The van der Waals surface area contributed by atoms with Crippen LogP contribution < -0.4 is 5.32 Å². The molecule has 1 aromatic heterocycles. The van der Waals surface area contributed by atoms with Gasteiger partial charge in [-0.05, 0) is 60.0 Å². The first-order valence-electron chi connectivity index (χ1n) is 11.8. The maximum atomic E-state index is 12.9. The number of aryl methyl sites for hydroxylation is 2. The van der Waals surface area contributed by atoms with Crippen LogP contribution in [0.25, 0.3) is 10.2 Å². The second kappa shape index (κ2) is 11.2. The Labute approximate surface area is 222 Å². The zero-order valence-corrected chi connectivity index (χ0v) is 22.0. The van der Waals surface area contributed by atoms with Crippen molar-refractivity contribution in [2.24, 2.45) is 0 Å². The largest absolute Gasteiger partial charge is 0.416 e. The van der Waals surface area contributed by atoms with E-state index in [1.807, 2.05) is 0 Å². The first-order valence-corrected chi connectivity index (χ1v) is 14.3. The highest BCUT2D eigenvalue weighted by Crippen LogP contribution is 2.30. The number of nitrogens with one attached hydrogen (secondary N) is 1. The Kier molecular flexibility index (Phi) is 8.19. The predicted octanol–water partition coefficient (Wildman–Crippen LogP) is 5.61. The normalized spacial score (nSPS) is 13.0. The monoisotopic (exact) mass is 562 g/mol. The standard InChI is InChI=1S/C27H25F3N2O4S2/c1-2-38(35,36)21-11-6-18(7-12-21)22(16-33)26(34)31-20-10-13-23-24(15-20)37-25(32-23)14-5-17-3-8-19(9-4-17)27(28,29)30/h3-4,6-13,15,22,33H,2,5,14,16H2,1H3,(H,31,34). The minimum Gasteiger partial charge on any atom is -0.395 e. The first kappa shape index (κ1) is 27.7. The number of sulfone groups is 1. The summed E-state index contributed by atoms with van der Waals surface area (Å²) in [5, 5.41) is 13.5. The van der Waals surface area contributed by atoms with Gasteiger partial charge in [0.1, 0.15) is 0 Å². The van der Waals surface area contributed by atoms with E-state index in [1.165, 1.54) is 47.7 Å². The summed E-state index contributed by atoms with van der Waals surface area (Å²) in [7, 11) is -3.37. The number of anilines is 1. The zero-order valence-electron chi connectivity index (χ0n) is 20.3. The number of alkyl halides is 3. The maximum absolute atomic E-state index is 12.9. The Morgan fingerprint density at radius 2 is 1.71 bits per heavy atom. The van der Waals surface area contributed by atoms with E-state index in [0.29, 0.717) is 24.1 Å². The van der Waals surface area contributed by atoms with Crippen molar-refractivity contribution in [2.45, 2.75) is 36.8 Å². The summed E-state index contributed by atoms with van der Waals surface area (Å²) in [6.45, 7) is 1.10. The van der Waals surface area contributed by atoms with E-state index in [0.717, 1.165) is 32.9 Å². The number of rotatable bonds is 9. The molecule has 0 aliphatic rings. The Morgan fingerprint density at radius 1 is 1.03 bits per heavy atom. The van der Waals surface area contributed by atoms with Gasteiger partial charge in [-0.3, -0.25) is 4.79 Å². The fourth-order valence-electron chi connectivity index (χ4n) is 3.91. The summed E-state index contributed by atoms with van der Waals surface area (Å²) in [6.07, 6.45) is -3.26. The molecule has 0 saturated carbocycles. The van der Waals surface area contributed by atoms with Crippen molar-refractivity contribution in [1.29, 1.82) is 0 Å². The molecule has 0 spiro atoms. The van der Waals surface area contributed by atoms with Crippen LogP contribution in [0.4, 0.5) is 18.9 Å². The van der Waals surface area contributed by atoms with Crippen molar-refractivity contribution >= 4 is 43.0 Å². The van der Waals surface area contributed by atoms with Gasteiger partial charge in [0.15, 0.2) is 9.84 Å². The van der Waals surface area contributed by atoms with E-state index < -0.39 is 40.0 Å². The number of benzene rings is 3. The summed E-state index contributed by atoms with van der Waals surface area (Å²) >= 11 is 1.43. The van der Waals surface area contributed by atoms with Crippen LogP contribution >= 0.6 is 11.3 Å². The van der Waals surface area contributed by atoms with E-state index in [1.54, 1.807) is 25.1 Å². The predicted molar refractivity (Wildman–Crippen MR) is 141 cm³/mol. The highest BCUT2D eigenvalue weighted by Gasteiger charge is 2.30. The van der Waals surface area contributed by atoms with Crippen molar-refractivity contribution in [3.63, 3.8) is 0 Å². The molecule has 1 unspecified atom stereocenters. The van der Waals surface area contributed by atoms with Gasteiger partial charge in [-0.15, -0.1) is 11.3 Å². The van der Waals surface area contributed by atoms with Gasteiger partial charge in [0.05, 0.1) is 44.0 Å². The van der Waals surface area contributed by atoms with Crippen molar-refractivity contribution < 1.29 is 31.5 Å². The van der Waals surface area contributed by atoms with E-state index >= 15 is 0 Å². The molecule has 0 aliphatic carbocycles. The minimum absolute atomic E-state index is 0.0346. The van der Waals surface area contributed by atoms with Gasteiger partial charge in [-0.1, -0.05) is 31.2 Å². The van der Waals surface area contributed by atoms with Gasteiger partial charge in [0.25, 0.3) is 0 Å². The number of aliphatic hydroxyl groups excluding tert-OH is 1. The molecule has 1 atom stereocenters. The van der Waals surface area contributed by atoms with Crippen molar-refractivity contribution in [2.75, 3.05) is 17.7 Å². The van der Waals surface area contributed by atoms with Crippen molar-refractivity contribution in [3.8, 4) is 0 Å². The number of halogens is 3. The third-order valence-corrected chi connectivity index (χ3v) is 8.96. The lowest BCUT2D eigenvalue weighted by Gasteiger charge is -2.15. The molecule has 6 nitrogen and oxygen atoms in total. The third kappa shape index (κ3) is 6.40. The molecule has 38 heavy (non-hydrogen) atoms. The fourth-order valence-corrected chi connectivity index (χ4v) is 5.80. The topological polar surface area (TPSA) is 96.4 Å². The maximum Gasteiger partial charge on any atom is 0.416 e. The quantitative estimate of drug-likeness (QED) is 0.277. The molecule has 1 heterocycles. The van der Waals surface area contributed by atoms with Crippen molar-refractivity contribution in [1.82, 2.24) is 4.98 Å². The third-order valence-electron chi connectivity index (χ3n) is 6.13. The Bertz CT molecular complexity index is 1530. The fraction of sp³-hybridized carbons (Fsp3) is 0.259. The molecule has 0 bridgehead atoms. The van der Waals surface area contributed by atoms with Gasteiger partial charge in [0.2, 0.25) is 5.91 Å². The van der Waals surface area contributed by atoms with Crippen LogP contribution in [0.3, 0.4) is 0 Å². The molecule has 0 aliphatic heterocycles. The van der Waals surface area contributed by atoms with Crippen LogP contribution in [-0.4, -0.2) is 36.8 Å². The number of amides is 1. The van der Waals surface area contributed by atoms with Gasteiger partial charge in [0, 0.05) is 12.1 Å². The summed E-state index contributed by atoms with van der Waals surface area (Å²) < 4.78 is 63.1. The van der Waals surface area contributed by atoms with Gasteiger partial charge in [-0.25, -0.2) is 13.4 Å². The van der Waals surface area contributed by atoms with Crippen molar-refractivity contribution in [3.05, 3.63) is 88.4 Å². The molecule has 3 aromatic carbocycles. The molecular formula is C27H25F3N2O4S2. The van der Waals surface area contributed by atoms with Gasteiger partial charge in [-0.2, -0.15) is 13.2 Å². The lowest BCUT2D eigenvalue weighted by Crippen LogP contribution is -2.24. The van der Waals surface area contributed by atoms with E-state index in [2.05, 4.69) is 10.3 Å². The molecule has 200 valence electrons. The number of nitrogens with zero attached hydrogens (tertiary/aromatic N) is 1. The van der Waals surface area contributed by atoms with Crippen LogP contribution in [0.5, 0.6) is 0 Å². The highest BCUT2D eigenvalue weighted by molar-refractivity contribution is 7.91. The van der Waals surface area contributed by atoms with Crippen LogP contribution in [0.15, 0.2) is 71.6 Å². The lowest BCUT2D eigenvalue weighted by atomic mass is 9.99. The number of hydrogen-bond acceptors (Lipinski definition) is 6. The van der Waals surface area contributed by atoms with E-state index in [4.69, 9.17) is 0 Å².